The van der Waals surface area contributed by atoms with Crippen LogP contribution in [0.4, 0.5) is 0 Å². The summed E-state index contributed by atoms with van der Waals surface area (Å²) in [5.74, 6) is 0.607. The summed E-state index contributed by atoms with van der Waals surface area (Å²) in [6, 6.07) is 5.85. The summed E-state index contributed by atoms with van der Waals surface area (Å²) >= 11 is 0. The molecule has 2 aromatic heterocycles. The van der Waals surface area contributed by atoms with Gasteiger partial charge in [0, 0.05) is 23.5 Å². The van der Waals surface area contributed by atoms with Crippen LogP contribution in [0.15, 0.2) is 30.6 Å². The van der Waals surface area contributed by atoms with E-state index >= 15 is 0 Å². The Hall–Kier alpha value is -1.81. The molecular weight excluding hydrogens is 252 g/mol. The number of ether oxygens (including phenoxy) is 1. The maximum atomic E-state index is 10.3. The van der Waals surface area contributed by atoms with Gasteiger partial charge in [0.2, 0.25) is 5.88 Å². The van der Waals surface area contributed by atoms with Crippen molar-refractivity contribution in [2.24, 2.45) is 5.41 Å². The molecule has 2 heterocycles. The summed E-state index contributed by atoms with van der Waals surface area (Å²) in [5, 5.41) is 10.3. The molecule has 1 N–H and O–H groups in total. The van der Waals surface area contributed by atoms with Crippen molar-refractivity contribution in [3.8, 4) is 11.6 Å². The van der Waals surface area contributed by atoms with Crippen molar-refractivity contribution < 1.29 is 9.84 Å². The maximum absolute atomic E-state index is 10.3. The minimum atomic E-state index is -0.374. The molecule has 4 heteroatoms. The van der Waals surface area contributed by atoms with Crippen molar-refractivity contribution in [3.05, 3.63) is 41.9 Å². The van der Waals surface area contributed by atoms with Gasteiger partial charge >= 0.3 is 0 Å². The molecule has 1 aliphatic rings. The molecule has 4 nitrogen and oxygen atoms in total. The normalized spacial score (nSPS) is 20.5. The molecule has 20 heavy (non-hydrogen) atoms. The van der Waals surface area contributed by atoms with E-state index in [1.54, 1.807) is 13.3 Å². The van der Waals surface area contributed by atoms with Crippen molar-refractivity contribution in [3.63, 3.8) is 0 Å². The van der Waals surface area contributed by atoms with Crippen molar-refractivity contribution in [1.29, 1.82) is 0 Å². The van der Waals surface area contributed by atoms with Gasteiger partial charge in [-0.05, 0) is 30.4 Å². The van der Waals surface area contributed by atoms with Gasteiger partial charge in [0.05, 0.1) is 25.1 Å². The molecule has 0 aromatic carbocycles. The maximum Gasteiger partial charge on any atom is 0.213 e. The van der Waals surface area contributed by atoms with Gasteiger partial charge in [-0.25, -0.2) is 4.98 Å². The van der Waals surface area contributed by atoms with E-state index in [1.807, 2.05) is 24.4 Å². The van der Waals surface area contributed by atoms with Crippen LogP contribution in [0.25, 0.3) is 5.69 Å². The zero-order valence-electron chi connectivity index (χ0n) is 12.1. The molecule has 0 saturated carbocycles. The van der Waals surface area contributed by atoms with Crippen LogP contribution in [0, 0.1) is 5.41 Å². The predicted molar refractivity (Wildman–Crippen MR) is 77.2 cm³/mol. The van der Waals surface area contributed by atoms with E-state index in [0.717, 1.165) is 24.1 Å². The molecule has 106 valence electrons. The highest BCUT2D eigenvalue weighted by molar-refractivity contribution is 5.40. The van der Waals surface area contributed by atoms with E-state index in [-0.39, 0.29) is 11.5 Å². The Morgan fingerprint density at radius 1 is 1.35 bits per heavy atom. The lowest BCUT2D eigenvalue weighted by atomic mass is 9.75. The third kappa shape index (κ3) is 2.20. The van der Waals surface area contributed by atoms with E-state index in [9.17, 15) is 5.11 Å². The van der Waals surface area contributed by atoms with Crippen molar-refractivity contribution in [2.75, 3.05) is 7.11 Å². The topological polar surface area (TPSA) is 47.3 Å². The van der Waals surface area contributed by atoms with Crippen molar-refractivity contribution in [2.45, 2.75) is 32.8 Å². The Bertz CT molecular complexity index is 614. The number of nitrogens with zero attached hydrogens (tertiary/aromatic N) is 2. The van der Waals surface area contributed by atoms with Gasteiger partial charge in [-0.15, -0.1) is 0 Å². The van der Waals surface area contributed by atoms with Crippen LogP contribution in [0.1, 0.15) is 37.6 Å². The summed E-state index contributed by atoms with van der Waals surface area (Å²) in [5.41, 5.74) is 3.33. The van der Waals surface area contributed by atoms with Gasteiger partial charge in [-0.1, -0.05) is 13.8 Å². The molecule has 1 unspecified atom stereocenters. The highest BCUT2D eigenvalue weighted by atomic mass is 16.5. The largest absolute Gasteiger partial charge is 0.481 e. The van der Waals surface area contributed by atoms with Crippen LogP contribution in [-0.2, 0) is 6.42 Å². The Morgan fingerprint density at radius 2 is 2.15 bits per heavy atom. The van der Waals surface area contributed by atoms with Gasteiger partial charge < -0.3 is 14.4 Å². The first kappa shape index (κ1) is 13.2. The smallest absolute Gasteiger partial charge is 0.213 e. The zero-order chi connectivity index (χ0) is 14.3. The van der Waals surface area contributed by atoms with Crippen LogP contribution in [0.2, 0.25) is 0 Å². The fourth-order valence-corrected chi connectivity index (χ4v) is 3.01. The van der Waals surface area contributed by atoms with Gasteiger partial charge in [-0.2, -0.15) is 0 Å². The molecule has 1 atom stereocenters. The first-order valence-corrected chi connectivity index (χ1v) is 6.89. The lowest BCUT2D eigenvalue weighted by Gasteiger charge is -2.33. The van der Waals surface area contributed by atoms with Crippen molar-refractivity contribution >= 4 is 0 Å². The van der Waals surface area contributed by atoms with E-state index in [0.29, 0.717) is 5.88 Å². The highest BCUT2D eigenvalue weighted by Gasteiger charge is 2.33. The Morgan fingerprint density at radius 3 is 2.80 bits per heavy atom. The molecule has 0 amide bonds. The molecule has 0 fully saturated rings. The second kappa shape index (κ2) is 4.63. The minimum absolute atomic E-state index is 0.114. The van der Waals surface area contributed by atoms with E-state index in [1.165, 1.54) is 5.69 Å². The number of rotatable bonds is 2. The summed E-state index contributed by atoms with van der Waals surface area (Å²) in [6.07, 6.45) is 5.20. The van der Waals surface area contributed by atoms with Gasteiger partial charge in [0.25, 0.3) is 0 Å². The molecular formula is C16H20N2O2. The van der Waals surface area contributed by atoms with Gasteiger partial charge in [0.1, 0.15) is 0 Å². The van der Waals surface area contributed by atoms with Crippen molar-refractivity contribution in [1.82, 2.24) is 9.55 Å². The molecule has 3 rings (SSSR count). The molecule has 1 aliphatic carbocycles. The quantitative estimate of drug-likeness (QED) is 0.914. The number of aromatic nitrogens is 2. The number of aliphatic hydroxyl groups excluding tert-OH is 1. The summed E-state index contributed by atoms with van der Waals surface area (Å²) in [7, 11) is 1.61. The van der Waals surface area contributed by atoms with Crippen LogP contribution in [-0.4, -0.2) is 21.8 Å². The molecule has 0 radical (unpaired) electrons. The van der Waals surface area contributed by atoms with Crippen LogP contribution < -0.4 is 4.74 Å². The second-order valence-electron chi connectivity index (χ2n) is 6.21. The number of hydrogen-bond donors (Lipinski definition) is 1. The predicted octanol–water partition coefficient (Wildman–Crippen LogP) is 2.89. The molecule has 0 spiro atoms. The summed E-state index contributed by atoms with van der Waals surface area (Å²) in [4.78, 5) is 4.25. The standard InChI is InChI=1S/C16H20N2O2/c1-16(2)8-13-12(14(19)9-16)6-7-18(13)11-4-5-15(20-3)17-10-11/h4-7,10,14,19H,8-9H2,1-3H3. The fraction of sp³-hybridized carbons (Fsp3) is 0.438. The average Bonchev–Trinajstić information content (AvgIpc) is 2.81. The zero-order valence-corrected chi connectivity index (χ0v) is 12.1. The highest BCUT2D eigenvalue weighted by Crippen LogP contribution is 2.41. The minimum Gasteiger partial charge on any atom is -0.481 e. The third-order valence-corrected chi connectivity index (χ3v) is 3.99. The van der Waals surface area contributed by atoms with Crippen LogP contribution >= 0.6 is 0 Å². The Labute approximate surface area is 119 Å². The van der Waals surface area contributed by atoms with Gasteiger partial charge in [0.15, 0.2) is 0 Å². The first-order chi connectivity index (χ1) is 9.50. The second-order valence-corrected chi connectivity index (χ2v) is 6.21. The summed E-state index contributed by atoms with van der Waals surface area (Å²) in [6.45, 7) is 4.39. The number of methoxy groups -OCH3 is 1. The monoisotopic (exact) mass is 272 g/mol. The van der Waals surface area contributed by atoms with Crippen LogP contribution in [0.3, 0.4) is 0 Å². The van der Waals surface area contributed by atoms with Crippen LogP contribution in [0.5, 0.6) is 5.88 Å². The SMILES string of the molecule is COc1ccc(-n2ccc3c2CC(C)(C)CC3O)cn1. The van der Waals surface area contributed by atoms with E-state index in [4.69, 9.17) is 4.74 Å². The Balaban J connectivity index is 2.03. The molecule has 2 aromatic rings. The third-order valence-electron chi connectivity index (χ3n) is 3.99. The molecule has 0 bridgehead atoms. The average molecular weight is 272 g/mol. The fourth-order valence-electron chi connectivity index (χ4n) is 3.01. The number of pyridine rings is 1. The molecule has 0 saturated heterocycles. The van der Waals surface area contributed by atoms with E-state index in [2.05, 4.69) is 23.4 Å². The molecule has 0 aliphatic heterocycles. The number of hydrogen-bond acceptors (Lipinski definition) is 3. The Kier molecular flexibility index (Phi) is 3.05. The van der Waals surface area contributed by atoms with E-state index < -0.39 is 0 Å². The lowest BCUT2D eigenvalue weighted by molar-refractivity contribution is 0.0987. The summed E-state index contributed by atoms with van der Waals surface area (Å²) < 4.78 is 7.21. The first-order valence-electron chi connectivity index (χ1n) is 6.89. The number of fused-ring (bicyclic) bond motifs is 1. The number of aliphatic hydroxyl groups is 1. The van der Waals surface area contributed by atoms with Gasteiger partial charge in [-0.3, -0.25) is 0 Å². The lowest BCUT2D eigenvalue weighted by Crippen LogP contribution is -2.26.